The molecule has 0 radical (unpaired) electrons. The van der Waals surface area contributed by atoms with Crippen molar-refractivity contribution in [2.45, 2.75) is 0 Å². The predicted molar refractivity (Wildman–Crippen MR) is 114 cm³/mol. The first-order chi connectivity index (χ1) is 14.0. The second-order valence-electron chi connectivity index (χ2n) is 7.24. The zero-order valence-corrected chi connectivity index (χ0v) is 15.9. The Morgan fingerprint density at radius 2 is 1.66 bits per heavy atom. The number of rotatable bonds is 2. The van der Waals surface area contributed by atoms with Gasteiger partial charge in [-0.1, -0.05) is 30.3 Å². The molecule has 4 aromatic rings. The lowest BCUT2D eigenvalue weighted by molar-refractivity contribution is 0.105. The number of hydrogen-bond acceptors (Lipinski definition) is 5. The van der Waals surface area contributed by atoms with Crippen LogP contribution in [0, 0.1) is 0 Å². The molecule has 0 fully saturated rings. The van der Waals surface area contributed by atoms with E-state index in [1.807, 2.05) is 37.2 Å². The highest BCUT2D eigenvalue weighted by Gasteiger charge is 2.31. The van der Waals surface area contributed by atoms with E-state index < -0.39 is 0 Å². The molecule has 0 saturated heterocycles. The molecule has 0 saturated carbocycles. The standard InChI is InChI=1S/C23H17N3O3/c1-26(2)17-11-10-15-18-13(17)7-5-8-14(18)20(27)19(21(15)28)22-24-16-9-4-3-6-12(16)23(29)25-22/h3-11,27H,1-2H3,(H,24,25,29). The molecule has 0 unspecified atom stereocenters. The maximum absolute atomic E-state index is 13.3. The number of aliphatic hydroxyl groups excluding tert-OH is 1. The van der Waals surface area contributed by atoms with E-state index in [0.717, 1.165) is 11.1 Å². The summed E-state index contributed by atoms with van der Waals surface area (Å²) < 4.78 is 0. The molecule has 0 amide bonds. The number of benzene rings is 3. The molecule has 3 aromatic carbocycles. The third-order valence-corrected chi connectivity index (χ3v) is 5.31. The highest BCUT2D eigenvalue weighted by Crippen LogP contribution is 2.41. The number of aliphatic hydroxyl groups is 1. The van der Waals surface area contributed by atoms with Crippen LogP contribution in [0.5, 0.6) is 0 Å². The number of H-pyrrole nitrogens is 1. The van der Waals surface area contributed by atoms with Gasteiger partial charge in [-0.15, -0.1) is 0 Å². The van der Waals surface area contributed by atoms with Gasteiger partial charge in [-0.2, -0.15) is 0 Å². The van der Waals surface area contributed by atoms with Gasteiger partial charge in [-0.05, 0) is 24.3 Å². The predicted octanol–water partition coefficient (Wildman–Crippen LogP) is 3.76. The summed E-state index contributed by atoms with van der Waals surface area (Å²) in [6.07, 6.45) is 0. The first-order valence-electron chi connectivity index (χ1n) is 9.18. The summed E-state index contributed by atoms with van der Waals surface area (Å²) in [6.45, 7) is 0. The topological polar surface area (TPSA) is 86.3 Å². The number of carbonyl (C=O) groups excluding carboxylic acids is 1. The molecule has 142 valence electrons. The minimum Gasteiger partial charge on any atom is -0.506 e. The Bertz CT molecular complexity index is 1430. The number of nitrogens with zero attached hydrogens (tertiary/aromatic N) is 2. The third-order valence-electron chi connectivity index (χ3n) is 5.31. The summed E-state index contributed by atoms with van der Waals surface area (Å²) >= 11 is 0. The summed E-state index contributed by atoms with van der Waals surface area (Å²) in [5.41, 5.74) is 2.09. The van der Waals surface area contributed by atoms with Gasteiger partial charge in [0, 0.05) is 41.7 Å². The molecule has 6 nitrogen and oxygen atoms in total. The number of carbonyl (C=O) groups is 1. The first kappa shape index (κ1) is 17.2. The molecular weight excluding hydrogens is 366 g/mol. The lowest BCUT2D eigenvalue weighted by Gasteiger charge is -2.23. The fraction of sp³-hybridized carbons (Fsp3) is 0.0870. The molecule has 1 aliphatic rings. The van der Waals surface area contributed by atoms with Gasteiger partial charge in [0.1, 0.15) is 17.2 Å². The van der Waals surface area contributed by atoms with Crippen LogP contribution in [-0.4, -0.2) is 35.0 Å². The number of Topliss-reactive ketones (excluding diaryl/α,β-unsaturated/α-hetero) is 1. The van der Waals surface area contributed by atoms with Crippen LogP contribution in [0.4, 0.5) is 5.69 Å². The van der Waals surface area contributed by atoms with Gasteiger partial charge in [0.05, 0.1) is 10.9 Å². The maximum atomic E-state index is 13.3. The van der Waals surface area contributed by atoms with Crippen molar-refractivity contribution in [1.29, 1.82) is 0 Å². The summed E-state index contributed by atoms with van der Waals surface area (Å²) in [5.74, 6) is -0.479. The zero-order chi connectivity index (χ0) is 20.3. The lowest BCUT2D eigenvalue weighted by atomic mass is 9.85. The van der Waals surface area contributed by atoms with Gasteiger partial charge < -0.3 is 15.0 Å². The largest absolute Gasteiger partial charge is 0.506 e. The van der Waals surface area contributed by atoms with Crippen molar-refractivity contribution in [3.63, 3.8) is 0 Å². The molecule has 0 atom stereocenters. The number of fused-ring (bicyclic) bond motifs is 1. The van der Waals surface area contributed by atoms with E-state index in [-0.39, 0.29) is 28.5 Å². The average molecular weight is 383 g/mol. The van der Waals surface area contributed by atoms with Gasteiger partial charge >= 0.3 is 0 Å². The summed E-state index contributed by atoms with van der Waals surface area (Å²) in [7, 11) is 3.86. The number of aromatic amines is 1. The quantitative estimate of drug-likeness (QED) is 0.550. The van der Waals surface area contributed by atoms with E-state index in [1.54, 1.807) is 36.4 Å². The zero-order valence-electron chi connectivity index (χ0n) is 15.9. The van der Waals surface area contributed by atoms with Gasteiger partial charge in [0.15, 0.2) is 0 Å². The fourth-order valence-electron chi connectivity index (χ4n) is 3.97. The van der Waals surface area contributed by atoms with Crippen LogP contribution >= 0.6 is 0 Å². The van der Waals surface area contributed by atoms with E-state index in [1.165, 1.54) is 0 Å². The van der Waals surface area contributed by atoms with Gasteiger partial charge in [-0.3, -0.25) is 9.59 Å². The third kappa shape index (κ3) is 2.39. The molecule has 6 heteroatoms. The summed E-state index contributed by atoms with van der Waals surface area (Å²) in [6, 6.07) is 16.1. The number of anilines is 1. The number of nitrogens with one attached hydrogen (secondary N) is 1. The van der Waals surface area contributed by atoms with Gasteiger partial charge in [-0.25, -0.2) is 4.98 Å². The van der Waals surface area contributed by atoms with Crippen LogP contribution in [0.2, 0.25) is 0 Å². The Hall–Kier alpha value is -3.93. The molecule has 5 rings (SSSR count). The smallest absolute Gasteiger partial charge is 0.259 e. The van der Waals surface area contributed by atoms with E-state index in [0.29, 0.717) is 27.4 Å². The molecule has 29 heavy (non-hydrogen) atoms. The molecule has 0 spiro atoms. The first-order valence-corrected chi connectivity index (χ1v) is 9.18. The second kappa shape index (κ2) is 6.04. The van der Waals surface area contributed by atoms with Crippen molar-refractivity contribution in [3.8, 4) is 0 Å². The molecule has 1 aliphatic carbocycles. The number of hydrogen-bond donors (Lipinski definition) is 2. The van der Waals surface area contributed by atoms with Crippen LogP contribution in [0.15, 0.2) is 59.4 Å². The Morgan fingerprint density at radius 3 is 2.45 bits per heavy atom. The number of allylic oxidation sites excluding steroid dienone is 1. The molecular formula is C23H17N3O3. The van der Waals surface area contributed by atoms with Crippen molar-refractivity contribution < 1.29 is 9.90 Å². The number of ketones is 1. The number of para-hydroxylation sites is 1. The monoisotopic (exact) mass is 383 g/mol. The van der Waals surface area contributed by atoms with Gasteiger partial charge in [0.2, 0.25) is 5.78 Å². The van der Waals surface area contributed by atoms with Crippen LogP contribution in [0.1, 0.15) is 21.7 Å². The van der Waals surface area contributed by atoms with Crippen molar-refractivity contribution in [2.24, 2.45) is 0 Å². The van der Waals surface area contributed by atoms with Crippen LogP contribution < -0.4 is 10.5 Å². The normalized spacial score (nSPS) is 13.4. The molecule has 1 aromatic heterocycles. The Balaban J connectivity index is 1.84. The van der Waals surface area contributed by atoms with E-state index in [4.69, 9.17) is 0 Å². The second-order valence-corrected chi connectivity index (χ2v) is 7.24. The lowest BCUT2D eigenvalue weighted by Crippen LogP contribution is -2.19. The van der Waals surface area contributed by atoms with Gasteiger partial charge in [0.25, 0.3) is 5.56 Å². The Kier molecular flexibility index (Phi) is 3.58. The fourth-order valence-corrected chi connectivity index (χ4v) is 3.97. The van der Waals surface area contributed by atoms with Crippen LogP contribution in [0.3, 0.4) is 0 Å². The minimum absolute atomic E-state index is 0.00505. The SMILES string of the molecule is CN(C)c1ccc2c3c(cccc13)C(O)=C(c1nc3ccccc3c(=O)[nH]1)C2=O. The maximum Gasteiger partial charge on any atom is 0.259 e. The molecule has 1 heterocycles. The molecule has 2 N–H and O–H groups in total. The van der Waals surface area contributed by atoms with Crippen molar-refractivity contribution in [3.05, 3.63) is 81.9 Å². The van der Waals surface area contributed by atoms with E-state index >= 15 is 0 Å². The highest BCUT2D eigenvalue weighted by molar-refractivity contribution is 6.39. The van der Waals surface area contributed by atoms with E-state index in [9.17, 15) is 14.7 Å². The highest BCUT2D eigenvalue weighted by atomic mass is 16.3. The summed E-state index contributed by atoms with van der Waals surface area (Å²) in [5, 5.41) is 13.0. The van der Waals surface area contributed by atoms with E-state index in [2.05, 4.69) is 9.97 Å². The number of aromatic nitrogens is 2. The molecule has 0 aliphatic heterocycles. The Labute approximate surface area is 165 Å². The van der Waals surface area contributed by atoms with Crippen molar-refractivity contribution in [2.75, 3.05) is 19.0 Å². The van der Waals surface area contributed by atoms with Crippen molar-refractivity contribution >= 4 is 44.5 Å². The van der Waals surface area contributed by atoms with Crippen molar-refractivity contribution in [1.82, 2.24) is 9.97 Å². The minimum atomic E-state index is -0.366. The Morgan fingerprint density at radius 1 is 0.897 bits per heavy atom. The summed E-state index contributed by atoms with van der Waals surface area (Å²) in [4.78, 5) is 34.9. The van der Waals surface area contributed by atoms with Crippen LogP contribution in [-0.2, 0) is 0 Å². The van der Waals surface area contributed by atoms with Crippen LogP contribution in [0.25, 0.3) is 33.0 Å². The molecule has 0 bridgehead atoms. The average Bonchev–Trinajstić information content (AvgIpc) is 2.71.